The molecule has 1 saturated carbocycles. The Bertz CT molecular complexity index is 225. The molecular weight excluding hydrogens is 224 g/mol. The summed E-state index contributed by atoms with van der Waals surface area (Å²) in [4.78, 5) is 12.0. The summed E-state index contributed by atoms with van der Waals surface area (Å²) in [6.45, 7) is 5.09. The lowest BCUT2D eigenvalue weighted by atomic mass is 9.96. The molecule has 2 atom stereocenters. The lowest BCUT2D eigenvalue weighted by Crippen LogP contribution is -2.18. The topological polar surface area (TPSA) is 26.3 Å². The standard InChI is InChI=1S/C16H30O2/c1-3-5-6-7-13-18-16(17)15-10-8-9-14(4-2)11-12-15/h14-15H,3-13H2,1-2H3. The summed E-state index contributed by atoms with van der Waals surface area (Å²) >= 11 is 0. The lowest BCUT2D eigenvalue weighted by Gasteiger charge is -2.13. The van der Waals surface area contributed by atoms with Gasteiger partial charge in [0, 0.05) is 0 Å². The van der Waals surface area contributed by atoms with E-state index in [0.717, 1.165) is 25.2 Å². The molecule has 2 unspecified atom stereocenters. The van der Waals surface area contributed by atoms with E-state index in [4.69, 9.17) is 4.74 Å². The third-order valence-electron chi connectivity index (χ3n) is 4.24. The van der Waals surface area contributed by atoms with E-state index in [1.54, 1.807) is 0 Å². The second kappa shape index (κ2) is 9.41. The van der Waals surface area contributed by atoms with Crippen LogP contribution in [0.25, 0.3) is 0 Å². The summed E-state index contributed by atoms with van der Waals surface area (Å²) in [6.07, 6.45) is 11.8. The lowest BCUT2D eigenvalue weighted by molar-refractivity contribution is -0.149. The van der Waals surface area contributed by atoms with Crippen molar-refractivity contribution in [3.8, 4) is 0 Å². The molecule has 0 saturated heterocycles. The summed E-state index contributed by atoms with van der Waals surface area (Å²) in [5, 5.41) is 0. The fourth-order valence-electron chi connectivity index (χ4n) is 2.84. The minimum absolute atomic E-state index is 0.0725. The van der Waals surface area contributed by atoms with Crippen LogP contribution >= 0.6 is 0 Å². The van der Waals surface area contributed by atoms with Crippen LogP contribution in [0.4, 0.5) is 0 Å². The zero-order valence-corrected chi connectivity index (χ0v) is 12.2. The molecule has 0 aromatic rings. The van der Waals surface area contributed by atoms with Crippen molar-refractivity contribution in [1.82, 2.24) is 0 Å². The van der Waals surface area contributed by atoms with Crippen molar-refractivity contribution in [3.63, 3.8) is 0 Å². The summed E-state index contributed by atoms with van der Waals surface area (Å²) in [7, 11) is 0. The van der Waals surface area contributed by atoms with E-state index in [-0.39, 0.29) is 11.9 Å². The van der Waals surface area contributed by atoms with Crippen LogP contribution in [0.15, 0.2) is 0 Å². The van der Waals surface area contributed by atoms with Crippen LogP contribution in [-0.2, 0) is 9.53 Å². The van der Waals surface area contributed by atoms with Crippen LogP contribution in [0.2, 0.25) is 0 Å². The number of ether oxygens (including phenoxy) is 1. The molecule has 0 aliphatic heterocycles. The maximum absolute atomic E-state index is 12.0. The molecular formula is C16H30O2. The zero-order valence-electron chi connectivity index (χ0n) is 12.2. The molecule has 0 aromatic carbocycles. The summed E-state index contributed by atoms with van der Waals surface area (Å²) in [6, 6.07) is 0. The first-order valence-electron chi connectivity index (χ1n) is 7.94. The van der Waals surface area contributed by atoms with E-state index in [2.05, 4.69) is 13.8 Å². The number of hydrogen-bond acceptors (Lipinski definition) is 2. The van der Waals surface area contributed by atoms with Gasteiger partial charge in [-0.05, 0) is 31.6 Å². The summed E-state index contributed by atoms with van der Waals surface area (Å²) in [5.74, 6) is 1.10. The second-order valence-electron chi connectivity index (χ2n) is 5.71. The van der Waals surface area contributed by atoms with Gasteiger partial charge in [-0.2, -0.15) is 0 Å². The first-order chi connectivity index (χ1) is 8.77. The Morgan fingerprint density at radius 2 is 1.89 bits per heavy atom. The van der Waals surface area contributed by atoms with Crippen molar-refractivity contribution in [1.29, 1.82) is 0 Å². The van der Waals surface area contributed by atoms with E-state index < -0.39 is 0 Å². The van der Waals surface area contributed by atoms with Gasteiger partial charge in [-0.3, -0.25) is 4.79 Å². The van der Waals surface area contributed by atoms with Crippen molar-refractivity contribution < 1.29 is 9.53 Å². The van der Waals surface area contributed by atoms with E-state index in [0.29, 0.717) is 6.61 Å². The highest BCUT2D eigenvalue weighted by Gasteiger charge is 2.24. The maximum Gasteiger partial charge on any atom is 0.308 e. The molecule has 0 heterocycles. The van der Waals surface area contributed by atoms with E-state index in [1.165, 1.54) is 44.9 Å². The highest BCUT2D eigenvalue weighted by Crippen LogP contribution is 2.29. The van der Waals surface area contributed by atoms with Crippen LogP contribution in [0.3, 0.4) is 0 Å². The molecule has 0 radical (unpaired) electrons. The number of esters is 1. The van der Waals surface area contributed by atoms with Crippen LogP contribution in [-0.4, -0.2) is 12.6 Å². The molecule has 106 valence electrons. The molecule has 0 bridgehead atoms. The Morgan fingerprint density at radius 3 is 2.61 bits per heavy atom. The number of unbranched alkanes of at least 4 members (excludes halogenated alkanes) is 3. The molecule has 0 spiro atoms. The fourth-order valence-corrected chi connectivity index (χ4v) is 2.84. The van der Waals surface area contributed by atoms with Crippen LogP contribution < -0.4 is 0 Å². The van der Waals surface area contributed by atoms with Gasteiger partial charge < -0.3 is 4.74 Å². The highest BCUT2D eigenvalue weighted by atomic mass is 16.5. The maximum atomic E-state index is 12.0. The van der Waals surface area contributed by atoms with Gasteiger partial charge in [-0.25, -0.2) is 0 Å². The summed E-state index contributed by atoms with van der Waals surface area (Å²) in [5.41, 5.74) is 0. The van der Waals surface area contributed by atoms with Crippen LogP contribution in [0.5, 0.6) is 0 Å². The molecule has 0 aromatic heterocycles. The van der Waals surface area contributed by atoms with Gasteiger partial charge in [0.15, 0.2) is 0 Å². The Labute approximate surface area is 112 Å². The van der Waals surface area contributed by atoms with E-state index in [9.17, 15) is 4.79 Å². The van der Waals surface area contributed by atoms with Gasteiger partial charge in [0.1, 0.15) is 0 Å². The largest absolute Gasteiger partial charge is 0.465 e. The average Bonchev–Trinajstić information content (AvgIpc) is 2.63. The first kappa shape index (κ1) is 15.5. The van der Waals surface area contributed by atoms with Crippen LogP contribution in [0.1, 0.15) is 78.1 Å². The Morgan fingerprint density at radius 1 is 1.06 bits per heavy atom. The van der Waals surface area contributed by atoms with Crippen molar-refractivity contribution in [2.45, 2.75) is 78.1 Å². The Kier molecular flexibility index (Phi) is 8.11. The van der Waals surface area contributed by atoms with Crippen molar-refractivity contribution in [3.05, 3.63) is 0 Å². The van der Waals surface area contributed by atoms with Gasteiger partial charge in [0.2, 0.25) is 0 Å². The predicted octanol–water partition coefficient (Wildman–Crippen LogP) is 4.72. The van der Waals surface area contributed by atoms with Crippen LogP contribution in [0, 0.1) is 11.8 Å². The van der Waals surface area contributed by atoms with Crippen molar-refractivity contribution in [2.75, 3.05) is 6.61 Å². The minimum atomic E-state index is 0.0725. The van der Waals surface area contributed by atoms with Crippen molar-refractivity contribution >= 4 is 5.97 Å². The van der Waals surface area contributed by atoms with E-state index in [1.807, 2.05) is 0 Å². The molecule has 18 heavy (non-hydrogen) atoms. The SMILES string of the molecule is CCCCCCOC(=O)C1CCCC(CC)CC1. The average molecular weight is 254 g/mol. The van der Waals surface area contributed by atoms with E-state index >= 15 is 0 Å². The quantitative estimate of drug-likeness (QED) is 0.373. The van der Waals surface area contributed by atoms with Gasteiger partial charge >= 0.3 is 5.97 Å². The second-order valence-corrected chi connectivity index (χ2v) is 5.71. The van der Waals surface area contributed by atoms with Gasteiger partial charge in [-0.15, -0.1) is 0 Å². The highest BCUT2D eigenvalue weighted by molar-refractivity contribution is 5.72. The molecule has 0 amide bonds. The third-order valence-corrected chi connectivity index (χ3v) is 4.24. The van der Waals surface area contributed by atoms with Gasteiger partial charge in [0.25, 0.3) is 0 Å². The number of rotatable bonds is 7. The smallest absolute Gasteiger partial charge is 0.308 e. The molecule has 2 nitrogen and oxygen atoms in total. The minimum Gasteiger partial charge on any atom is -0.465 e. The number of carbonyl (C=O) groups excluding carboxylic acids is 1. The molecule has 1 rings (SSSR count). The Balaban J connectivity index is 2.16. The molecule has 1 fully saturated rings. The van der Waals surface area contributed by atoms with Gasteiger partial charge in [0.05, 0.1) is 12.5 Å². The molecule has 1 aliphatic carbocycles. The zero-order chi connectivity index (χ0) is 13.2. The molecule has 2 heteroatoms. The summed E-state index contributed by atoms with van der Waals surface area (Å²) < 4.78 is 5.41. The Hall–Kier alpha value is -0.530. The monoisotopic (exact) mass is 254 g/mol. The normalized spacial score (nSPS) is 24.6. The van der Waals surface area contributed by atoms with Gasteiger partial charge in [-0.1, -0.05) is 52.4 Å². The predicted molar refractivity (Wildman–Crippen MR) is 75.5 cm³/mol. The number of hydrogen-bond donors (Lipinski definition) is 0. The number of carbonyl (C=O) groups is 1. The fraction of sp³-hybridized carbons (Fsp3) is 0.938. The third kappa shape index (κ3) is 5.88. The molecule has 0 N–H and O–H groups in total. The first-order valence-corrected chi connectivity index (χ1v) is 7.94. The molecule has 1 aliphatic rings. The van der Waals surface area contributed by atoms with Crippen molar-refractivity contribution in [2.24, 2.45) is 11.8 Å².